The number of hydrogen-bond acceptors (Lipinski definition) is 4. The molecule has 5 rings (SSSR count). The van der Waals surface area contributed by atoms with Gasteiger partial charge in [0.05, 0.1) is 17.8 Å². The molecule has 1 unspecified atom stereocenters. The average molecular weight is 487 g/mol. The van der Waals surface area contributed by atoms with Crippen molar-refractivity contribution >= 4 is 17.5 Å². The second-order valence-corrected chi connectivity index (χ2v) is 9.24. The van der Waals surface area contributed by atoms with Crippen LogP contribution in [-0.4, -0.2) is 31.8 Å². The molecule has 36 heavy (non-hydrogen) atoms. The summed E-state index contributed by atoms with van der Waals surface area (Å²) in [6, 6.07) is 12.4. The molecule has 2 aromatic carbocycles. The van der Waals surface area contributed by atoms with Gasteiger partial charge in [-0.3, -0.25) is 19.4 Å². The number of nitrogens with zero attached hydrogens (tertiary/aromatic N) is 3. The Balaban J connectivity index is 1.51. The van der Waals surface area contributed by atoms with E-state index >= 15 is 0 Å². The smallest absolute Gasteiger partial charge is 0.267 e. The third-order valence-corrected chi connectivity index (χ3v) is 7.05. The molecule has 2 amide bonds. The maximum atomic E-state index is 14.5. The Morgan fingerprint density at radius 2 is 1.94 bits per heavy atom. The van der Waals surface area contributed by atoms with Gasteiger partial charge < -0.3 is 11.1 Å². The SMILES string of the molecule is Cc1n[nH]c(C)c1-c1ccc(NC(=O)C(c2cnn(C)c2C(N)=O)[C@@H]2CCc3c(F)cccc32)cc1. The molecule has 4 N–H and O–H groups in total. The Labute approximate surface area is 207 Å². The number of halogens is 1. The third-order valence-electron chi connectivity index (χ3n) is 7.05. The van der Waals surface area contributed by atoms with Gasteiger partial charge >= 0.3 is 0 Å². The zero-order valence-corrected chi connectivity index (χ0v) is 20.3. The van der Waals surface area contributed by atoms with Crippen LogP contribution in [0.2, 0.25) is 0 Å². The molecule has 1 aliphatic carbocycles. The minimum atomic E-state index is -0.776. The van der Waals surface area contributed by atoms with E-state index in [0.29, 0.717) is 29.7 Å². The van der Waals surface area contributed by atoms with Gasteiger partial charge in [-0.25, -0.2) is 4.39 Å². The van der Waals surface area contributed by atoms with Crippen molar-refractivity contribution in [1.29, 1.82) is 0 Å². The molecule has 9 heteroatoms. The van der Waals surface area contributed by atoms with Gasteiger partial charge in [0, 0.05) is 35.5 Å². The summed E-state index contributed by atoms with van der Waals surface area (Å²) >= 11 is 0. The highest BCUT2D eigenvalue weighted by Gasteiger charge is 2.39. The lowest BCUT2D eigenvalue weighted by atomic mass is 9.81. The first-order chi connectivity index (χ1) is 17.3. The summed E-state index contributed by atoms with van der Waals surface area (Å²) in [5.41, 5.74) is 12.1. The van der Waals surface area contributed by atoms with Crippen molar-refractivity contribution in [1.82, 2.24) is 20.0 Å². The van der Waals surface area contributed by atoms with E-state index in [1.807, 2.05) is 44.2 Å². The molecule has 0 radical (unpaired) electrons. The number of aryl methyl sites for hydroxylation is 3. The number of rotatable bonds is 6. The summed E-state index contributed by atoms with van der Waals surface area (Å²) in [5, 5.41) is 14.4. The van der Waals surface area contributed by atoms with Crippen LogP contribution < -0.4 is 11.1 Å². The van der Waals surface area contributed by atoms with Crippen LogP contribution in [0.3, 0.4) is 0 Å². The van der Waals surface area contributed by atoms with Crippen LogP contribution in [0.1, 0.15) is 56.8 Å². The lowest BCUT2D eigenvalue weighted by molar-refractivity contribution is -0.118. The molecular formula is C27H27FN6O2. The molecule has 0 fully saturated rings. The minimum Gasteiger partial charge on any atom is -0.364 e. The molecule has 4 aromatic rings. The fourth-order valence-electron chi connectivity index (χ4n) is 5.43. The Hall–Kier alpha value is -4.27. The van der Waals surface area contributed by atoms with Crippen LogP contribution in [0, 0.1) is 19.7 Å². The number of primary amides is 1. The molecule has 0 saturated heterocycles. The Kier molecular flexibility index (Phi) is 5.91. The summed E-state index contributed by atoms with van der Waals surface area (Å²) in [4.78, 5) is 26.1. The number of aromatic nitrogens is 4. The van der Waals surface area contributed by atoms with E-state index in [-0.39, 0.29) is 23.3 Å². The summed E-state index contributed by atoms with van der Waals surface area (Å²) in [7, 11) is 1.61. The summed E-state index contributed by atoms with van der Waals surface area (Å²) in [5.74, 6) is -2.36. The highest BCUT2D eigenvalue weighted by atomic mass is 19.1. The highest BCUT2D eigenvalue weighted by Crippen LogP contribution is 2.45. The Bertz CT molecular complexity index is 1450. The minimum absolute atomic E-state index is 0.168. The van der Waals surface area contributed by atoms with Gasteiger partial charge in [0.2, 0.25) is 5.91 Å². The number of carbonyl (C=O) groups excluding carboxylic acids is 2. The fourth-order valence-corrected chi connectivity index (χ4v) is 5.43. The van der Waals surface area contributed by atoms with Crippen molar-refractivity contribution in [3.05, 3.63) is 88.3 Å². The number of nitrogens with two attached hydrogens (primary N) is 1. The fraction of sp³-hybridized carbons (Fsp3) is 0.259. The third kappa shape index (κ3) is 3.96. The van der Waals surface area contributed by atoms with E-state index < -0.39 is 11.8 Å². The van der Waals surface area contributed by atoms with Crippen LogP contribution in [0.4, 0.5) is 10.1 Å². The van der Waals surface area contributed by atoms with E-state index in [9.17, 15) is 14.0 Å². The summed E-state index contributed by atoms with van der Waals surface area (Å²) in [6.07, 6.45) is 2.59. The monoisotopic (exact) mass is 486 g/mol. The first kappa shape index (κ1) is 23.5. The Morgan fingerprint density at radius 3 is 2.61 bits per heavy atom. The van der Waals surface area contributed by atoms with E-state index in [1.165, 1.54) is 16.9 Å². The number of amides is 2. The number of aromatic amines is 1. The summed E-state index contributed by atoms with van der Waals surface area (Å²) in [6.45, 7) is 3.90. The van der Waals surface area contributed by atoms with E-state index in [2.05, 4.69) is 20.6 Å². The van der Waals surface area contributed by atoms with Gasteiger partial charge in [0.25, 0.3) is 5.91 Å². The molecule has 1 aliphatic rings. The van der Waals surface area contributed by atoms with Crippen molar-refractivity contribution < 1.29 is 14.0 Å². The van der Waals surface area contributed by atoms with Crippen LogP contribution in [0.25, 0.3) is 11.1 Å². The van der Waals surface area contributed by atoms with Crippen LogP contribution >= 0.6 is 0 Å². The first-order valence-corrected chi connectivity index (χ1v) is 11.8. The molecule has 0 bridgehead atoms. The molecule has 0 saturated carbocycles. The zero-order chi connectivity index (χ0) is 25.6. The molecular weight excluding hydrogens is 459 g/mol. The molecule has 8 nitrogen and oxygen atoms in total. The number of fused-ring (bicyclic) bond motifs is 1. The number of carbonyl (C=O) groups is 2. The second-order valence-electron chi connectivity index (χ2n) is 9.24. The van der Waals surface area contributed by atoms with E-state index in [1.54, 1.807) is 13.1 Å². The lowest BCUT2D eigenvalue weighted by Gasteiger charge is -2.24. The number of H-pyrrole nitrogens is 1. The molecule has 2 heterocycles. The maximum Gasteiger partial charge on any atom is 0.267 e. The summed E-state index contributed by atoms with van der Waals surface area (Å²) < 4.78 is 15.9. The molecule has 2 aromatic heterocycles. The predicted molar refractivity (Wildman–Crippen MR) is 134 cm³/mol. The van der Waals surface area contributed by atoms with Gasteiger partial charge in [0.1, 0.15) is 11.5 Å². The van der Waals surface area contributed by atoms with Crippen molar-refractivity contribution in [2.75, 3.05) is 5.32 Å². The largest absolute Gasteiger partial charge is 0.364 e. The normalized spacial score (nSPS) is 15.5. The lowest BCUT2D eigenvalue weighted by Crippen LogP contribution is -2.28. The zero-order valence-electron chi connectivity index (χ0n) is 20.3. The van der Waals surface area contributed by atoms with Crippen molar-refractivity contribution in [3.63, 3.8) is 0 Å². The predicted octanol–water partition coefficient (Wildman–Crippen LogP) is 4.12. The molecule has 184 valence electrons. The molecule has 2 atom stereocenters. The first-order valence-electron chi connectivity index (χ1n) is 11.8. The number of anilines is 1. The van der Waals surface area contributed by atoms with Crippen molar-refractivity contribution in [3.8, 4) is 11.1 Å². The van der Waals surface area contributed by atoms with Crippen LogP contribution in [-0.2, 0) is 18.3 Å². The number of hydrogen-bond donors (Lipinski definition) is 3. The average Bonchev–Trinajstić information content (AvgIpc) is 3.53. The van der Waals surface area contributed by atoms with Gasteiger partial charge in [0.15, 0.2) is 0 Å². The standard InChI is InChI=1S/C27H27FN6O2/c1-14-23(15(2)33-32-14)16-7-9-17(10-8-16)31-27(36)24(21-13-30-34(3)25(21)26(29)35)20-12-11-19-18(20)5-4-6-22(19)28/h4-10,13,20,24H,11-12H2,1-3H3,(H2,29,35)(H,31,36)(H,32,33)/t20-,24?/m1/s1. The molecule has 0 spiro atoms. The van der Waals surface area contributed by atoms with Crippen molar-refractivity contribution in [2.24, 2.45) is 12.8 Å². The highest BCUT2D eigenvalue weighted by molar-refractivity contribution is 6.00. The van der Waals surface area contributed by atoms with Gasteiger partial charge in [-0.15, -0.1) is 0 Å². The number of benzene rings is 2. The van der Waals surface area contributed by atoms with Crippen LogP contribution in [0.5, 0.6) is 0 Å². The van der Waals surface area contributed by atoms with Gasteiger partial charge in [-0.1, -0.05) is 24.3 Å². The van der Waals surface area contributed by atoms with Gasteiger partial charge in [-0.05, 0) is 61.6 Å². The van der Waals surface area contributed by atoms with E-state index in [0.717, 1.165) is 28.1 Å². The topological polar surface area (TPSA) is 119 Å². The maximum absolute atomic E-state index is 14.5. The number of nitrogens with one attached hydrogen (secondary N) is 2. The van der Waals surface area contributed by atoms with Crippen molar-refractivity contribution in [2.45, 2.75) is 38.5 Å². The molecule has 0 aliphatic heterocycles. The Morgan fingerprint density at radius 1 is 1.19 bits per heavy atom. The quantitative estimate of drug-likeness (QED) is 0.380. The van der Waals surface area contributed by atoms with Gasteiger partial charge in [-0.2, -0.15) is 10.2 Å². The van der Waals surface area contributed by atoms with Crippen LogP contribution in [0.15, 0.2) is 48.7 Å². The second kappa shape index (κ2) is 9.07. The van der Waals surface area contributed by atoms with E-state index in [4.69, 9.17) is 5.73 Å².